The minimum Gasteiger partial charge on any atom is -0.465 e. The molecule has 5 rings (SSSR count). The van der Waals surface area contributed by atoms with Gasteiger partial charge in [-0.05, 0) is 42.3 Å². The summed E-state index contributed by atoms with van der Waals surface area (Å²) in [5, 5.41) is 19.2. The van der Waals surface area contributed by atoms with Gasteiger partial charge >= 0.3 is 6.09 Å². The normalized spacial score (nSPS) is 18.8. The molecule has 0 aliphatic carbocycles. The van der Waals surface area contributed by atoms with Crippen molar-refractivity contribution < 1.29 is 24.2 Å². The van der Waals surface area contributed by atoms with Crippen LogP contribution in [0.15, 0.2) is 42.6 Å². The van der Waals surface area contributed by atoms with Crippen LogP contribution in [0.2, 0.25) is 0 Å². The standard InChI is InChI=1S/C21H17FN4O4S/c22-14-5-10(17-7-12(27)8-26(17)21(29)30)1-3-13(14)15-9-25-16-4-2-11(19(23)28)6-18(16)31-20(25)24-15/h1-6,9,12,17,27H,7-8H2,(H2,23,28)(H,29,30)/t12-,17-/m1/s1. The van der Waals surface area contributed by atoms with Gasteiger partial charge in [0.25, 0.3) is 0 Å². The highest BCUT2D eigenvalue weighted by atomic mass is 32.1. The van der Waals surface area contributed by atoms with Gasteiger partial charge < -0.3 is 15.9 Å². The second-order valence-electron chi connectivity index (χ2n) is 7.51. The minimum atomic E-state index is -1.15. The summed E-state index contributed by atoms with van der Waals surface area (Å²) in [5.74, 6) is -1.03. The molecular formula is C21H17FN4O4S. The van der Waals surface area contributed by atoms with E-state index in [4.69, 9.17) is 5.73 Å². The minimum absolute atomic E-state index is 0.00519. The van der Waals surface area contributed by atoms with Crippen molar-refractivity contribution in [3.63, 3.8) is 0 Å². The zero-order chi connectivity index (χ0) is 21.9. The highest BCUT2D eigenvalue weighted by molar-refractivity contribution is 7.23. The average Bonchev–Trinajstić information content (AvgIpc) is 3.39. The monoisotopic (exact) mass is 440 g/mol. The molecule has 10 heteroatoms. The van der Waals surface area contributed by atoms with E-state index in [9.17, 15) is 24.2 Å². The first-order valence-electron chi connectivity index (χ1n) is 9.50. The van der Waals surface area contributed by atoms with Crippen LogP contribution in [0.3, 0.4) is 0 Å². The number of rotatable bonds is 3. The second-order valence-corrected chi connectivity index (χ2v) is 8.52. The first-order valence-corrected chi connectivity index (χ1v) is 10.3. The highest BCUT2D eigenvalue weighted by Crippen LogP contribution is 2.35. The number of hydrogen-bond acceptors (Lipinski definition) is 5. The Morgan fingerprint density at radius 2 is 2.03 bits per heavy atom. The number of hydrogen-bond donors (Lipinski definition) is 3. The van der Waals surface area contributed by atoms with Crippen molar-refractivity contribution in [2.24, 2.45) is 5.73 Å². The number of aliphatic hydroxyl groups excluding tert-OH is 1. The van der Waals surface area contributed by atoms with E-state index in [1.807, 2.05) is 4.40 Å². The fourth-order valence-corrected chi connectivity index (χ4v) is 5.12. The Kier molecular flexibility index (Phi) is 4.42. The number of carbonyl (C=O) groups is 2. The molecule has 0 radical (unpaired) electrons. The number of aliphatic hydroxyl groups is 1. The maximum absolute atomic E-state index is 15.0. The fraction of sp³-hybridized carbons (Fsp3) is 0.190. The van der Waals surface area contributed by atoms with Gasteiger partial charge in [0.15, 0.2) is 4.96 Å². The predicted octanol–water partition coefficient (Wildman–Crippen LogP) is 3.24. The summed E-state index contributed by atoms with van der Waals surface area (Å²) in [5.41, 5.74) is 7.80. The van der Waals surface area contributed by atoms with Gasteiger partial charge in [-0.3, -0.25) is 14.1 Å². The highest BCUT2D eigenvalue weighted by Gasteiger charge is 2.35. The fourth-order valence-electron chi connectivity index (χ4n) is 4.07. The summed E-state index contributed by atoms with van der Waals surface area (Å²) in [6, 6.07) is 9.07. The Hall–Kier alpha value is -3.50. The van der Waals surface area contributed by atoms with Crippen LogP contribution in [0.5, 0.6) is 0 Å². The molecule has 158 valence electrons. The van der Waals surface area contributed by atoms with Crippen LogP contribution >= 0.6 is 11.3 Å². The SMILES string of the molecule is NC(=O)c1ccc2c(c1)sc1nc(-c3ccc([C@H]4C[C@@H](O)CN4C(=O)O)cc3F)cn12. The molecule has 31 heavy (non-hydrogen) atoms. The van der Waals surface area contributed by atoms with Crippen LogP contribution in [0.25, 0.3) is 26.4 Å². The lowest BCUT2D eigenvalue weighted by atomic mass is 10.0. The quantitative estimate of drug-likeness (QED) is 0.452. The molecule has 1 aliphatic rings. The molecule has 2 aromatic carbocycles. The van der Waals surface area contributed by atoms with E-state index in [-0.39, 0.29) is 13.0 Å². The Morgan fingerprint density at radius 3 is 2.74 bits per heavy atom. The summed E-state index contributed by atoms with van der Waals surface area (Å²) < 4.78 is 17.6. The van der Waals surface area contributed by atoms with E-state index >= 15 is 0 Å². The van der Waals surface area contributed by atoms with Crippen molar-refractivity contribution in [2.75, 3.05) is 6.54 Å². The number of carbonyl (C=O) groups excluding carboxylic acids is 1. The number of amides is 2. The van der Waals surface area contributed by atoms with E-state index in [1.54, 1.807) is 36.5 Å². The van der Waals surface area contributed by atoms with E-state index in [0.717, 1.165) is 15.1 Å². The van der Waals surface area contributed by atoms with E-state index in [2.05, 4.69) is 4.98 Å². The lowest BCUT2D eigenvalue weighted by Crippen LogP contribution is -2.30. The van der Waals surface area contributed by atoms with Gasteiger partial charge in [-0.1, -0.05) is 17.4 Å². The molecule has 4 N–H and O–H groups in total. The Balaban J connectivity index is 1.51. The van der Waals surface area contributed by atoms with Crippen molar-refractivity contribution in [1.29, 1.82) is 0 Å². The maximum Gasteiger partial charge on any atom is 0.407 e. The Bertz CT molecular complexity index is 1360. The molecule has 0 bridgehead atoms. The van der Waals surface area contributed by atoms with Crippen LogP contribution in [0.4, 0.5) is 9.18 Å². The third-order valence-corrected chi connectivity index (χ3v) is 6.57. The number of thiazole rings is 1. The van der Waals surface area contributed by atoms with Crippen molar-refractivity contribution in [3.05, 3.63) is 59.5 Å². The van der Waals surface area contributed by atoms with Crippen molar-refractivity contribution in [2.45, 2.75) is 18.6 Å². The summed E-state index contributed by atoms with van der Waals surface area (Å²) in [7, 11) is 0. The zero-order valence-electron chi connectivity index (χ0n) is 16.0. The van der Waals surface area contributed by atoms with E-state index in [0.29, 0.717) is 27.3 Å². The summed E-state index contributed by atoms with van der Waals surface area (Å²) in [6.45, 7) is 0.00519. The van der Waals surface area contributed by atoms with Gasteiger partial charge in [0.05, 0.1) is 34.6 Å². The molecule has 1 fully saturated rings. The van der Waals surface area contributed by atoms with Crippen LogP contribution in [0.1, 0.15) is 28.4 Å². The number of imidazole rings is 1. The summed E-state index contributed by atoms with van der Waals surface area (Å²) >= 11 is 1.36. The van der Waals surface area contributed by atoms with Crippen LogP contribution in [0, 0.1) is 5.82 Å². The second kappa shape index (κ2) is 7.03. The molecule has 2 amide bonds. The molecule has 1 saturated heterocycles. The number of nitrogens with two attached hydrogens (primary N) is 1. The zero-order valence-corrected chi connectivity index (χ0v) is 16.8. The molecule has 3 heterocycles. The molecule has 0 spiro atoms. The third-order valence-electron chi connectivity index (χ3n) is 5.56. The van der Waals surface area contributed by atoms with Crippen LogP contribution in [-0.4, -0.2) is 49.1 Å². The van der Waals surface area contributed by atoms with Crippen LogP contribution < -0.4 is 5.73 Å². The summed E-state index contributed by atoms with van der Waals surface area (Å²) in [4.78, 5) is 29.1. The topological polar surface area (TPSA) is 121 Å². The molecule has 4 aromatic rings. The van der Waals surface area contributed by atoms with Gasteiger partial charge in [-0.15, -0.1) is 0 Å². The number of β-amino-alcohol motifs (C(OH)–C–C–N with tert-alkyl or cyclic N) is 1. The number of halogens is 1. The third kappa shape index (κ3) is 3.20. The number of fused-ring (bicyclic) bond motifs is 3. The maximum atomic E-state index is 15.0. The van der Waals surface area contributed by atoms with Crippen molar-refractivity contribution in [1.82, 2.24) is 14.3 Å². The number of likely N-dealkylation sites (tertiary alicyclic amines) is 1. The van der Waals surface area contributed by atoms with Crippen LogP contribution in [-0.2, 0) is 0 Å². The van der Waals surface area contributed by atoms with Gasteiger partial charge in [0.1, 0.15) is 5.82 Å². The molecule has 2 aromatic heterocycles. The molecular weight excluding hydrogens is 423 g/mol. The van der Waals surface area contributed by atoms with Gasteiger partial charge in [0.2, 0.25) is 5.91 Å². The number of nitrogens with zero attached hydrogens (tertiary/aromatic N) is 3. The first-order chi connectivity index (χ1) is 14.8. The van der Waals surface area contributed by atoms with Gasteiger partial charge in [-0.2, -0.15) is 0 Å². The number of carboxylic acid groups (broad SMARTS) is 1. The van der Waals surface area contributed by atoms with Crippen molar-refractivity contribution in [3.8, 4) is 11.3 Å². The lowest BCUT2D eigenvalue weighted by molar-refractivity contribution is 0.1000. The van der Waals surface area contributed by atoms with E-state index < -0.39 is 30.0 Å². The lowest BCUT2D eigenvalue weighted by Gasteiger charge is -2.21. The molecule has 2 atom stereocenters. The van der Waals surface area contributed by atoms with E-state index in [1.165, 1.54) is 17.4 Å². The predicted molar refractivity (Wildman–Crippen MR) is 113 cm³/mol. The average molecular weight is 440 g/mol. The van der Waals surface area contributed by atoms with Gasteiger partial charge in [0, 0.05) is 17.3 Å². The van der Waals surface area contributed by atoms with Crippen molar-refractivity contribution >= 4 is 38.5 Å². The Labute approximate surface area is 179 Å². The molecule has 1 aliphatic heterocycles. The smallest absolute Gasteiger partial charge is 0.407 e. The molecule has 0 saturated carbocycles. The largest absolute Gasteiger partial charge is 0.465 e. The first kappa shape index (κ1) is 19.5. The van der Waals surface area contributed by atoms with Gasteiger partial charge in [-0.25, -0.2) is 14.2 Å². The number of aromatic nitrogens is 2. The number of primary amides is 1. The summed E-state index contributed by atoms with van der Waals surface area (Å²) in [6.07, 6.45) is 0.0303. The number of benzene rings is 2. The Morgan fingerprint density at radius 1 is 1.23 bits per heavy atom. The molecule has 0 unspecified atom stereocenters. The molecule has 8 nitrogen and oxygen atoms in total.